The topological polar surface area (TPSA) is 63.6 Å². The summed E-state index contributed by atoms with van der Waals surface area (Å²) in [6, 6.07) is 7.09. The number of phenols is 1. The molecule has 78 valence electrons. The van der Waals surface area contributed by atoms with Crippen LogP contribution in [0.4, 0.5) is 0 Å². The predicted molar refractivity (Wildman–Crippen MR) is 53.1 cm³/mol. The van der Waals surface area contributed by atoms with Crippen LogP contribution in [0, 0.1) is 6.92 Å². The molecule has 0 amide bonds. The molecular formula is C11H10O4. The van der Waals surface area contributed by atoms with Gasteiger partial charge < -0.3 is 9.84 Å². The molecular weight excluding hydrogens is 196 g/mol. The van der Waals surface area contributed by atoms with Crippen LogP contribution in [0.3, 0.4) is 0 Å². The monoisotopic (exact) mass is 206 g/mol. The van der Waals surface area contributed by atoms with Crippen LogP contribution in [0.2, 0.25) is 0 Å². The van der Waals surface area contributed by atoms with Crippen LogP contribution in [0.1, 0.15) is 5.56 Å². The van der Waals surface area contributed by atoms with Crippen molar-refractivity contribution >= 4 is 11.9 Å². The summed E-state index contributed by atoms with van der Waals surface area (Å²) in [5, 5.41) is 8.76. The average molecular weight is 206 g/mol. The molecule has 0 saturated heterocycles. The fourth-order valence-electron chi connectivity index (χ4n) is 0.848. The number of aryl methyl sites for hydroxylation is 1. The molecule has 1 N–H and O–H groups in total. The lowest BCUT2D eigenvalue weighted by molar-refractivity contribution is -0.150. The molecule has 0 radical (unpaired) electrons. The molecule has 0 saturated carbocycles. The van der Waals surface area contributed by atoms with Gasteiger partial charge in [-0.25, -0.2) is 9.59 Å². The Morgan fingerprint density at radius 2 is 1.47 bits per heavy atom. The quantitative estimate of drug-likeness (QED) is 0.513. The lowest BCUT2D eigenvalue weighted by atomic mass is 10.2. The van der Waals surface area contributed by atoms with E-state index in [1.807, 2.05) is 19.1 Å². The Morgan fingerprint density at radius 3 is 1.73 bits per heavy atom. The molecule has 4 heteroatoms. The Kier molecular flexibility index (Phi) is 3.62. The molecule has 0 aromatic heterocycles. The normalized spacial score (nSPS) is 13.1. The second-order valence-corrected chi connectivity index (χ2v) is 2.91. The van der Waals surface area contributed by atoms with Crippen molar-refractivity contribution in [1.82, 2.24) is 0 Å². The number of phenolic OH excluding ortho intramolecular Hbond substituents is 1. The van der Waals surface area contributed by atoms with Gasteiger partial charge in [-0.05, 0) is 19.1 Å². The largest absolute Gasteiger partial charge is 0.508 e. The van der Waals surface area contributed by atoms with E-state index < -0.39 is 11.9 Å². The Balaban J connectivity index is 0.000000151. The standard InChI is InChI=1S/C7H8O.C4H2O3/c1-6-2-4-7(8)5-3-6;5-3-1-2-4(6)7-3/h2-5,8H,1H3;1-2H. The molecule has 0 spiro atoms. The fourth-order valence-corrected chi connectivity index (χ4v) is 0.848. The molecule has 0 aliphatic carbocycles. The maximum atomic E-state index is 9.92. The maximum Gasteiger partial charge on any atom is 0.338 e. The first-order valence-electron chi connectivity index (χ1n) is 4.27. The summed E-state index contributed by atoms with van der Waals surface area (Å²) in [6.45, 7) is 1.99. The van der Waals surface area contributed by atoms with E-state index in [9.17, 15) is 9.59 Å². The van der Waals surface area contributed by atoms with Crippen molar-refractivity contribution in [3.63, 3.8) is 0 Å². The number of benzene rings is 1. The number of hydrogen-bond donors (Lipinski definition) is 1. The number of rotatable bonds is 0. The highest BCUT2D eigenvalue weighted by Crippen LogP contribution is 2.07. The van der Waals surface area contributed by atoms with Crippen molar-refractivity contribution < 1.29 is 19.4 Å². The van der Waals surface area contributed by atoms with E-state index in [0.717, 1.165) is 12.2 Å². The number of aromatic hydroxyl groups is 1. The van der Waals surface area contributed by atoms with Crippen LogP contribution in [0.15, 0.2) is 36.4 Å². The molecule has 1 aromatic carbocycles. The molecule has 0 bridgehead atoms. The van der Waals surface area contributed by atoms with E-state index >= 15 is 0 Å². The van der Waals surface area contributed by atoms with Crippen LogP contribution < -0.4 is 0 Å². The van der Waals surface area contributed by atoms with Crippen LogP contribution in [-0.4, -0.2) is 17.0 Å². The lowest BCUT2D eigenvalue weighted by Crippen LogP contribution is -1.96. The summed E-state index contributed by atoms with van der Waals surface area (Å²) in [7, 11) is 0. The summed E-state index contributed by atoms with van der Waals surface area (Å²) in [5.41, 5.74) is 1.17. The second kappa shape index (κ2) is 4.95. The second-order valence-electron chi connectivity index (χ2n) is 2.91. The Bertz CT molecular complexity index is 353. The first-order chi connectivity index (χ1) is 7.08. The third-order valence-electron chi connectivity index (χ3n) is 1.59. The van der Waals surface area contributed by atoms with Gasteiger partial charge in [-0.15, -0.1) is 0 Å². The van der Waals surface area contributed by atoms with Crippen molar-refractivity contribution in [3.8, 4) is 5.75 Å². The number of ether oxygens (including phenoxy) is 1. The molecule has 1 heterocycles. The lowest BCUT2D eigenvalue weighted by Gasteiger charge is -1.89. The molecule has 4 nitrogen and oxygen atoms in total. The molecule has 1 aliphatic rings. The smallest absolute Gasteiger partial charge is 0.338 e. The molecule has 15 heavy (non-hydrogen) atoms. The third kappa shape index (κ3) is 4.08. The van der Waals surface area contributed by atoms with Gasteiger partial charge in [0, 0.05) is 12.2 Å². The number of cyclic esters (lactones) is 2. The van der Waals surface area contributed by atoms with Crippen LogP contribution in [-0.2, 0) is 14.3 Å². The highest BCUT2D eigenvalue weighted by atomic mass is 16.6. The van der Waals surface area contributed by atoms with E-state index in [2.05, 4.69) is 4.74 Å². The van der Waals surface area contributed by atoms with Gasteiger partial charge in [0.05, 0.1) is 0 Å². The minimum absolute atomic E-state index is 0.329. The van der Waals surface area contributed by atoms with Crippen LogP contribution >= 0.6 is 0 Å². The average Bonchev–Trinajstić information content (AvgIpc) is 2.56. The minimum atomic E-state index is -0.579. The first-order valence-corrected chi connectivity index (χ1v) is 4.27. The number of esters is 2. The van der Waals surface area contributed by atoms with E-state index in [4.69, 9.17) is 5.11 Å². The number of hydrogen-bond acceptors (Lipinski definition) is 4. The van der Waals surface area contributed by atoms with Gasteiger partial charge in [0.15, 0.2) is 0 Å². The zero-order valence-corrected chi connectivity index (χ0v) is 8.14. The van der Waals surface area contributed by atoms with Crippen molar-refractivity contribution in [3.05, 3.63) is 42.0 Å². The Labute approximate surface area is 86.8 Å². The van der Waals surface area contributed by atoms with Gasteiger partial charge >= 0.3 is 11.9 Å². The molecule has 0 fully saturated rings. The van der Waals surface area contributed by atoms with Crippen LogP contribution in [0.5, 0.6) is 5.75 Å². The highest BCUT2D eigenvalue weighted by Gasteiger charge is 2.10. The van der Waals surface area contributed by atoms with E-state index in [1.54, 1.807) is 12.1 Å². The summed E-state index contributed by atoms with van der Waals surface area (Å²) in [6.07, 6.45) is 2.17. The van der Waals surface area contributed by atoms with Gasteiger partial charge in [-0.2, -0.15) is 0 Å². The first kappa shape index (κ1) is 11.0. The number of carbonyl (C=O) groups excluding carboxylic acids is 2. The van der Waals surface area contributed by atoms with Gasteiger partial charge in [-0.3, -0.25) is 0 Å². The summed E-state index contributed by atoms with van der Waals surface area (Å²) >= 11 is 0. The third-order valence-corrected chi connectivity index (χ3v) is 1.59. The van der Waals surface area contributed by atoms with Gasteiger partial charge in [0.25, 0.3) is 0 Å². The van der Waals surface area contributed by atoms with Gasteiger partial charge in [0.1, 0.15) is 5.75 Å². The van der Waals surface area contributed by atoms with E-state index in [0.29, 0.717) is 5.75 Å². The molecule has 2 rings (SSSR count). The summed E-state index contributed by atoms with van der Waals surface area (Å²) < 4.78 is 3.97. The van der Waals surface area contributed by atoms with Gasteiger partial charge in [0.2, 0.25) is 0 Å². The highest BCUT2D eigenvalue weighted by molar-refractivity contribution is 6.04. The minimum Gasteiger partial charge on any atom is -0.508 e. The summed E-state index contributed by atoms with van der Waals surface area (Å²) in [4.78, 5) is 19.8. The zero-order chi connectivity index (χ0) is 11.3. The summed E-state index contributed by atoms with van der Waals surface area (Å²) in [5.74, 6) is -0.828. The SMILES string of the molecule is Cc1ccc(O)cc1.O=C1C=CC(=O)O1. The van der Waals surface area contributed by atoms with Crippen molar-refractivity contribution in [2.45, 2.75) is 6.92 Å². The Hall–Kier alpha value is -2.10. The van der Waals surface area contributed by atoms with Crippen molar-refractivity contribution in [2.24, 2.45) is 0 Å². The molecule has 0 atom stereocenters. The van der Waals surface area contributed by atoms with Crippen molar-refractivity contribution in [1.29, 1.82) is 0 Å². The zero-order valence-electron chi connectivity index (χ0n) is 8.14. The van der Waals surface area contributed by atoms with Crippen molar-refractivity contribution in [2.75, 3.05) is 0 Å². The maximum absolute atomic E-state index is 9.92. The number of carbonyl (C=O) groups is 2. The Morgan fingerprint density at radius 1 is 1.00 bits per heavy atom. The molecule has 1 aliphatic heterocycles. The van der Waals surface area contributed by atoms with Gasteiger partial charge in [-0.1, -0.05) is 17.7 Å². The fraction of sp³-hybridized carbons (Fsp3) is 0.0909. The van der Waals surface area contributed by atoms with Crippen LogP contribution in [0.25, 0.3) is 0 Å². The van der Waals surface area contributed by atoms with E-state index in [1.165, 1.54) is 5.56 Å². The van der Waals surface area contributed by atoms with E-state index in [-0.39, 0.29) is 0 Å². The molecule has 0 unspecified atom stereocenters. The molecule has 1 aromatic rings. The predicted octanol–water partition coefficient (Wildman–Crippen LogP) is 1.33.